The fourth-order valence-electron chi connectivity index (χ4n) is 2.29. The fourth-order valence-corrected chi connectivity index (χ4v) is 2.29. The van der Waals surface area contributed by atoms with Gasteiger partial charge >= 0.3 is 6.09 Å². The molecule has 120 valence electrons. The van der Waals surface area contributed by atoms with Crippen LogP contribution in [0.3, 0.4) is 0 Å². The monoisotopic (exact) mass is 308 g/mol. The van der Waals surface area contributed by atoms with E-state index in [9.17, 15) is 14.0 Å². The van der Waals surface area contributed by atoms with Gasteiger partial charge in [0.2, 0.25) is 0 Å². The molecule has 5 nitrogen and oxygen atoms in total. The van der Waals surface area contributed by atoms with E-state index in [2.05, 4.69) is 0 Å². The lowest BCUT2D eigenvalue weighted by atomic mass is 10.2. The van der Waals surface area contributed by atoms with Crippen molar-refractivity contribution < 1.29 is 18.7 Å². The van der Waals surface area contributed by atoms with E-state index < -0.39 is 5.82 Å². The number of carbonyl (C=O) groups is 2. The maximum Gasteiger partial charge on any atom is 0.409 e. The lowest BCUT2D eigenvalue weighted by molar-refractivity contribution is 0.0557. The van der Waals surface area contributed by atoms with Crippen LogP contribution in [0.4, 0.5) is 9.18 Å². The summed E-state index contributed by atoms with van der Waals surface area (Å²) in [6.07, 6.45) is 1.50. The van der Waals surface area contributed by atoms with Gasteiger partial charge in [-0.3, -0.25) is 4.79 Å². The Morgan fingerprint density at radius 2 is 1.86 bits per heavy atom. The summed E-state index contributed by atoms with van der Waals surface area (Å²) in [5.74, 6) is -0.637. The molecule has 0 bridgehead atoms. The van der Waals surface area contributed by atoms with Crippen LogP contribution in [0.25, 0.3) is 0 Å². The first-order valence-electron chi connectivity index (χ1n) is 7.58. The highest BCUT2D eigenvalue weighted by Crippen LogP contribution is 2.11. The quantitative estimate of drug-likeness (QED) is 0.803. The average molecular weight is 308 g/mol. The normalized spacial score (nSPS) is 14.8. The molecule has 0 radical (unpaired) electrons. The minimum Gasteiger partial charge on any atom is -0.449 e. The molecule has 0 saturated carbocycles. The summed E-state index contributed by atoms with van der Waals surface area (Å²) in [6, 6.07) is 5.65. The molecule has 1 aliphatic heterocycles. The third kappa shape index (κ3) is 4.19. The van der Waals surface area contributed by atoms with E-state index in [4.69, 9.17) is 4.74 Å². The Morgan fingerprint density at radius 1 is 1.18 bits per heavy atom. The second kappa shape index (κ2) is 7.77. The topological polar surface area (TPSA) is 49.9 Å². The summed E-state index contributed by atoms with van der Waals surface area (Å²) in [6.45, 7) is 4.19. The van der Waals surface area contributed by atoms with Crippen molar-refractivity contribution in [3.8, 4) is 0 Å². The van der Waals surface area contributed by atoms with Gasteiger partial charge in [-0.05, 0) is 24.6 Å². The highest BCUT2D eigenvalue weighted by molar-refractivity contribution is 5.94. The Labute approximate surface area is 129 Å². The van der Waals surface area contributed by atoms with E-state index in [0.717, 1.165) is 12.8 Å². The molecule has 2 amide bonds. The SMILES string of the molecule is CCCCOC(=O)N1CCN(C(=O)c2cccc(F)c2)CC1. The number of ether oxygens (including phenoxy) is 1. The second-order valence-corrected chi connectivity index (χ2v) is 5.26. The molecule has 0 atom stereocenters. The highest BCUT2D eigenvalue weighted by Gasteiger charge is 2.25. The van der Waals surface area contributed by atoms with Crippen LogP contribution in [0.1, 0.15) is 30.1 Å². The number of rotatable bonds is 4. The molecule has 1 aromatic rings. The van der Waals surface area contributed by atoms with E-state index in [-0.39, 0.29) is 12.0 Å². The Bertz CT molecular complexity index is 528. The zero-order chi connectivity index (χ0) is 15.9. The van der Waals surface area contributed by atoms with Gasteiger partial charge in [0.05, 0.1) is 6.61 Å². The summed E-state index contributed by atoms with van der Waals surface area (Å²) in [4.78, 5) is 27.3. The van der Waals surface area contributed by atoms with Gasteiger partial charge in [-0.1, -0.05) is 19.4 Å². The molecule has 1 aromatic carbocycles. The number of carbonyl (C=O) groups excluding carboxylic acids is 2. The van der Waals surface area contributed by atoms with E-state index in [1.807, 2.05) is 6.92 Å². The van der Waals surface area contributed by atoms with Crippen molar-refractivity contribution in [1.29, 1.82) is 0 Å². The third-order valence-electron chi connectivity index (χ3n) is 3.62. The second-order valence-electron chi connectivity index (χ2n) is 5.26. The Morgan fingerprint density at radius 3 is 2.50 bits per heavy atom. The molecule has 1 aliphatic rings. The van der Waals surface area contributed by atoms with Crippen LogP contribution >= 0.6 is 0 Å². The van der Waals surface area contributed by atoms with E-state index >= 15 is 0 Å². The van der Waals surface area contributed by atoms with E-state index in [0.29, 0.717) is 38.3 Å². The molecular weight excluding hydrogens is 287 g/mol. The zero-order valence-electron chi connectivity index (χ0n) is 12.8. The maximum absolute atomic E-state index is 13.2. The first kappa shape index (κ1) is 16.3. The predicted octanol–water partition coefficient (Wildman–Crippen LogP) is 2.52. The Hall–Kier alpha value is -2.11. The number of unbranched alkanes of at least 4 members (excludes halogenated alkanes) is 1. The van der Waals surface area contributed by atoms with Crippen molar-refractivity contribution in [2.24, 2.45) is 0 Å². The van der Waals surface area contributed by atoms with Crippen molar-refractivity contribution in [2.75, 3.05) is 32.8 Å². The summed E-state index contributed by atoms with van der Waals surface area (Å²) in [5, 5.41) is 0. The number of nitrogens with zero attached hydrogens (tertiary/aromatic N) is 2. The molecule has 1 heterocycles. The summed E-state index contributed by atoms with van der Waals surface area (Å²) < 4.78 is 18.3. The van der Waals surface area contributed by atoms with Crippen LogP contribution in [0, 0.1) is 5.82 Å². The first-order chi connectivity index (χ1) is 10.6. The molecule has 1 fully saturated rings. The number of amides is 2. The Kier molecular flexibility index (Phi) is 5.75. The molecule has 0 aliphatic carbocycles. The number of halogens is 1. The summed E-state index contributed by atoms with van der Waals surface area (Å²) in [5.41, 5.74) is 0.332. The lowest BCUT2D eigenvalue weighted by Gasteiger charge is -2.34. The molecule has 0 unspecified atom stereocenters. The van der Waals surface area contributed by atoms with Crippen molar-refractivity contribution in [3.05, 3.63) is 35.6 Å². The van der Waals surface area contributed by atoms with Crippen LogP contribution < -0.4 is 0 Å². The van der Waals surface area contributed by atoms with Crippen LogP contribution in [0.5, 0.6) is 0 Å². The Balaban J connectivity index is 1.84. The zero-order valence-corrected chi connectivity index (χ0v) is 12.8. The smallest absolute Gasteiger partial charge is 0.409 e. The summed E-state index contributed by atoms with van der Waals surface area (Å²) in [7, 11) is 0. The van der Waals surface area contributed by atoms with Gasteiger partial charge in [0.15, 0.2) is 0 Å². The van der Waals surface area contributed by atoms with Gasteiger partial charge in [-0.15, -0.1) is 0 Å². The number of piperazine rings is 1. The minimum absolute atomic E-state index is 0.210. The van der Waals surface area contributed by atoms with Gasteiger partial charge in [-0.25, -0.2) is 9.18 Å². The predicted molar refractivity (Wildman–Crippen MR) is 80.1 cm³/mol. The van der Waals surface area contributed by atoms with Crippen molar-refractivity contribution in [3.63, 3.8) is 0 Å². The van der Waals surface area contributed by atoms with Crippen LogP contribution in [-0.4, -0.2) is 54.6 Å². The number of hydrogen-bond acceptors (Lipinski definition) is 3. The highest BCUT2D eigenvalue weighted by atomic mass is 19.1. The van der Waals surface area contributed by atoms with Crippen LogP contribution in [0.2, 0.25) is 0 Å². The molecule has 1 saturated heterocycles. The third-order valence-corrected chi connectivity index (χ3v) is 3.62. The molecule has 6 heteroatoms. The standard InChI is InChI=1S/C16H21FN2O3/c1-2-3-11-22-16(21)19-9-7-18(8-10-19)15(20)13-5-4-6-14(17)12-13/h4-6,12H,2-3,7-11H2,1H3. The summed E-state index contributed by atoms with van der Waals surface area (Å²) >= 11 is 0. The van der Waals surface area contributed by atoms with Crippen molar-refractivity contribution >= 4 is 12.0 Å². The average Bonchev–Trinajstić information content (AvgIpc) is 2.54. The largest absolute Gasteiger partial charge is 0.449 e. The number of benzene rings is 1. The molecule has 0 N–H and O–H groups in total. The molecule has 22 heavy (non-hydrogen) atoms. The van der Waals surface area contributed by atoms with Gasteiger partial charge in [-0.2, -0.15) is 0 Å². The molecule has 0 spiro atoms. The van der Waals surface area contributed by atoms with Gasteiger partial charge < -0.3 is 14.5 Å². The van der Waals surface area contributed by atoms with Crippen LogP contribution in [-0.2, 0) is 4.74 Å². The van der Waals surface area contributed by atoms with Gasteiger partial charge in [0.1, 0.15) is 5.82 Å². The van der Waals surface area contributed by atoms with E-state index in [1.54, 1.807) is 15.9 Å². The first-order valence-corrected chi connectivity index (χ1v) is 7.58. The molecular formula is C16H21FN2O3. The van der Waals surface area contributed by atoms with Gasteiger partial charge in [0, 0.05) is 31.7 Å². The lowest BCUT2D eigenvalue weighted by Crippen LogP contribution is -2.50. The van der Waals surface area contributed by atoms with E-state index in [1.165, 1.54) is 18.2 Å². The van der Waals surface area contributed by atoms with Crippen molar-refractivity contribution in [2.45, 2.75) is 19.8 Å². The fraction of sp³-hybridized carbons (Fsp3) is 0.500. The molecule has 2 rings (SSSR count). The van der Waals surface area contributed by atoms with Gasteiger partial charge in [0.25, 0.3) is 5.91 Å². The number of hydrogen-bond donors (Lipinski definition) is 0. The van der Waals surface area contributed by atoms with Crippen LogP contribution in [0.15, 0.2) is 24.3 Å². The van der Waals surface area contributed by atoms with Crippen molar-refractivity contribution in [1.82, 2.24) is 9.80 Å². The minimum atomic E-state index is -0.427. The molecule has 0 aromatic heterocycles. The maximum atomic E-state index is 13.2.